The minimum Gasteiger partial charge on any atom is -0.493 e. The molecule has 2 N–H and O–H groups in total. The average molecular weight is 290 g/mol. The van der Waals surface area contributed by atoms with Crippen molar-refractivity contribution < 1.29 is 18.9 Å². The highest BCUT2D eigenvalue weighted by Gasteiger charge is 2.14. The van der Waals surface area contributed by atoms with Gasteiger partial charge in [-0.25, -0.2) is 0 Å². The molecule has 1 aromatic heterocycles. The molecule has 1 heterocycles. The van der Waals surface area contributed by atoms with E-state index >= 15 is 0 Å². The molecule has 0 saturated carbocycles. The van der Waals surface area contributed by atoms with E-state index in [4.69, 9.17) is 24.7 Å². The first-order valence-corrected chi connectivity index (χ1v) is 6.34. The number of aromatic nitrogens is 1. The summed E-state index contributed by atoms with van der Waals surface area (Å²) in [5, 5.41) is 0. The molecule has 0 radical (unpaired) electrons. The van der Waals surface area contributed by atoms with Crippen LogP contribution in [-0.2, 0) is 6.54 Å². The van der Waals surface area contributed by atoms with Crippen LogP contribution in [-0.4, -0.2) is 26.3 Å². The molecular weight excluding hydrogens is 272 g/mol. The van der Waals surface area contributed by atoms with Crippen molar-refractivity contribution >= 4 is 0 Å². The van der Waals surface area contributed by atoms with E-state index < -0.39 is 0 Å². The zero-order valence-electron chi connectivity index (χ0n) is 12.3. The molecule has 0 atom stereocenters. The van der Waals surface area contributed by atoms with E-state index in [0.717, 1.165) is 5.69 Å². The van der Waals surface area contributed by atoms with Gasteiger partial charge in [0, 0.05) is 30.9 Å². The Morgan fingerprint density at radius 2 is 1.62 bits per heavy atom. The third kappa shape index (κ3) is 3.35. The maximum atomic E-state index is 5.79. The summed E-state index contributed by atoms with van der Waals surface area (Å²) in [5.74, 6) is 2.78. The molecule has 112 valence electrons. The van der Waals surface area contributed by atoms with Crippen LogP contribution in [0.2, 0.25) is 0 Å². The summed E-state index contributed by atoms with van der Waals surface area (Å²) in [6, 6.07) is 6.99. The predicted molar refractivity (Wildman–Crippen MR) is 78.3 cm³/mol. The first-order chi connectivity index (χ1) is 10.2. The number of ether oxygens (including phenoxy) is 4. The lowest BCUT2D eigenvalue weighted by atomic mass is 10.2. The summed E-state index contributed by atoms with van der Waals surface area (Å²) in [7, 11) is 4.66. The van der Waals surface area contributed by atoms with E-state index in [2.05, 4.69) is 4.98 Å². The molecule has 1 aromatic carbocycles. The van der Waals surface area contributed by atoms with Gasteiger partial charge in [0.1, 0.15) is 11.5 Å². The van der Waals surface area contributed by atoms with E-state index in [1.807, 2.05) is 0 Å². The molecule has 0 aliphatic rings. The van der Waals surface area contributed by atoms with E-state index in [9.17, 15) is 0 Å². The quantitative estimate of drug-likeness (QED) is 0.880. The van der Waals surface area contributed by atoms with Gasteiger partial charge in [0.05, 0.1) is 27.0 Å². The molecule has 0 fully saturated rings. The third-order valence-corrected chi connectivity index (χ3v) is 2.87. The molecular formula is C15H18N2O4. The highest BCUT2D eigenvalue weighted by atomic mass is 16.5. The number of nitrogens with two attached hydrogens (primary N) is 1. The van der Waals surface area contributed by atoms with Gasteiger partial charge >= 0.3 is 0 Å². The second-order valence-corrected chi connectivity index (χ2v) is 4.15. The van der Waals surface area contributed by atoms with Gasteiger partial charge in [0.2, 0.25) is 5.75 Å². The van der Waals surface area contributed by atoms with Gasteiger partial charge in [-0.15, -0.1) is 0 Å². The lowest BCUT2D eigenvalue weighted by molar-refractivity contribution is 0.321. The monoisotopic (exact) mass is 290 g/mol. The van der Waals surface area contributed by atoms with E-state index in [-0.39, 0.29) is 0 Å². The number of benzene rings is 1. The van der Waals surface area contributed by atoms with Gasteiger partial charge in [0.15, 0.2) is 11.5 Å². The summed E-state index contributed by atoms with van der Waals surface area (Å²) in [5.41, 5.74) is 6.32. The van der Waals surface area contributed by atoms with Crippen molar-refractivity contribution in [2.75, 3.05) is 21.3 Å². The first-order valence-electron chi connectivity index (χ1n) is 6.34. The molecule has 6 nitrogen and oxygen atoms in total. The second kappa shape index (κ2) is 6.81. The molecule has 0 saturated heterocycles. The summed E-state index contributed by atoms with van der Waals surface area (Å²) < 4.78 is 21.6. The number of pyridine rings is 1. The Labute approximate surface area is 123 Å². The standard InChI is InChI=1S/C15H18N2O4/c1-18-13-7-12(8-14(19-2)15(13)20-3)21-11-4-5-17-10(6-11)9-16/h4-8H,9,16H2,1-3H3. The van der Waals surface area contributed by atoms with Gasteiger partial charge in [-0.2, -0.15) is 0 Å². The van der Waals surface area contributed by atoms with Gasteiger partial charge in [-0.1, -0.05) is 0 Å². The summed E-state index contributed by atoms with van der Waals surface area (Å²) in [6.07, 6.45) is 1.65. The van der Waals surface area contributed by atoms with E-state index in [0.29, 0.717) is 35.3 Å². The molecule has 0 amide bonds. The van der Waals surface area contributed by atoms with Gasteiger partial charge in [-0.3, -0.25) is 4.98 Å². The lowest BCUT2D eigenvalue weighted by Gasteiger charge is -2.14. The van der Waals surface area contributed by atoms with Gasteiger partial charge in [-0.05, 0) is 6.07 Å². The number of nitrogens with zero attached hydrogens (tertiary/aromatic N) is 1. The highest BCUT2D eigenvalue weighted by Crippen LogP contribution is 2.41. The zero-order valence-corrected chi connectivity index (χ0v) is 12.3. The SMILES string of the molecule is COc1cc(Oc2ccnc(CN)c2)cc(OC)c1OC. The average Bonchev–Trinajstić information content (AvgIpc) is 2.53. The summed E-state index contributed by atoms with van der Waals surface area (Å²) in [6.45, 7) is 0.354. The van der Waals surface area contributed by atoms with Crippen LogP contribution >= 0.6 is 0 Å². The fourth-order valence-electron chi connectivity index (χ4n) is 1.88. The molecule has 2 rings (SSSR count). The Bertz CT molecular complexity index is 591. The maximum absolute atomic E-state index is 5.79. The maximum Gasteiger partial charge on any atom is 0.203 e. The number of hydrogen-bond donors (Lipinski definition) is 1. The largest absolute Gasteiger partial charge is 0.493 e. The van der Waals surface area contributed by atoms with Crippen molar-refractivity contribution in [3.63, 3.8) is 0 Å². The summed E-state index contributed by atoms with van der Waals surface area (Å²) >= 11 is 0. The Kier molecular flexibility index (Phi) is 4.84. The number of methoxy groups -OCH3 is 3. The number of hydrogen-bond acceptors (Lipinski definition) is 6. The zero-order chi connectivity index (χ0) is 15.2. The van der Waals surface area contributed by atoms with Crippen molar-refractivity contribution in [1.29, 1.82) is 0 Å². The van der Waals surface area contributed by atoms with Crippen molar-refractivity contribution in [3.8, 4) is 28.7 Å². The topological polar surface area (TPSA) is 75.8 Å². The van der Waals surface area contributed by atoms with Gasteiger partial charge in [0.25, 0.3) is 0 Å². The smallest absolute Gasteiger partial charge is 0.203 e. The lowest BCUT2D eigenvalue weighted by Crippen LogP contribution is -1.99. The fourth-order valence-corrected chi connectivity index (χ4v) is 1.88. The van der Waals surface area contributed by atoms with Crippen molar-refractivity contribution in [2.24, 2.45) is 5.73 Å². The van der Waals surface area contributed by atoms with Crippen LogP contribution in [0.15, 0.2) is 30.5 Å². The van der Waals surface area contributed by atoms with Crippen LogP contribution in [0.25, 0.3) is 0 Å². The summed E-state index contributed by atoms with van der Waals surface area (Å²) in [4.78, 5) is 4.12. The van der Waals surface area contributed by atoms with Crippen molar-refractivity contribution in [3.05, 3.63) is 36.2 Å². The van der Waals surface area contributed by atoms with Crippen molar-refractivity contribution in [2.45, 2.75) is 6.54 Å². The van der Waals surface area contributed by atoms with Gasteiger partial charge < -0.3 is 24.7 Å². The minimum absolute atomic E-state index is 0.354. The predicted octanol–water partition coefficient (Wildman–Crippen LogP) is 2.36. The molecule has 6 heteroatoms. The minimum atomic E-state index is 0.354. The Hall–Kier alpha value is -2.47. The molecule has 0 spiro atoms. The molecule has 2 aromatic rings. The fraction of sp³-hybridized carbons (Fsp3) is 0.267. The van der Waals surface area contributed by atoms with Crippen molar-refractivity contribution in [1.82, 2.24) is 4.98 Å². The Balaban J connectivity index is 2.35. The highest BCUT2D eigenvalue weighted by molar-refractivity contribution is 5.56. The van der Waals surface area contributed by atoms with Crippen LogP contribution in [0.3, 0.4) is 0 Å². The van der Waals surface area contributed by atoms with Crippen LogP contribution in [0.1, 0.15) is 5.69 Å². The normalized spacial score (nSPS) is 10.1. The Morgan fingerprint density at radius 3 is 2.14 bits per heavy atom. The molecule has 0 unspecified atom stereocenters. The molecule has 0 bridgehead atoms. The molecule has 21 heavy (non-hydrogen) atoms. The number of rotatable bonds is 6. The van der Waals surface area contributed by atoms with E-state index in [1.54, 1.807) is 51.8 Å². The van der Waals surface area contributed by atoms with Crippen LogP contribution < -0.4 is 24.7 Å². The molecule has 0 aliphatic carbocycles. The second-order valence-electron chi connectivity index (χ2n) is 4.15. The van der Waals surface area contributed by atoms with Crippen LogP contribution in [0, 0.1) is 0 Å². The molecule has 0 aliphatic heterocycles. The van der Waals surface area contributed by atoms with E-state index in [1.165, 1.54) is 0 Å². The third-order valence-electron chi connectivity index (χ3n) is 2.87. The first kappa shape index (κ1) is 14.9. The van der Waals surface area contributed by atoms with Crippen LogP contribution in [0.4, 0.5) is 0 Å². The Morgan fingerprint density at radius 1 is 0.952 bits per heavy atom. The van der Waals surface area contributed by atoms with Crippen LogP contribution in [0.5, 0.6) is 28.7 Å².